The highest BCUT2D eigenvalue weighted by Gasteiger charge is 2.43. The Morgan fingerprint density at radius 3 is 2.58 bits per heavy atom. The molecular weight excluding hydrogens is 322 g/mol. The van der Waals surface area contributed by atoms with Crippen molar-refractivity contribution in [1.82, 2.24) is 4.72 Å². The second-order valence-corrected chi connectivity index (χ2v) is 9.85. The van der Waals surface area contributed by atoms with Gasteiger partial charge in [0.15, 0.2) is 0 Å². The third kappa shape index (κ3) is 3.18. The van der Waals surface area contributed by atoms with Gasteiger partial charge in [0.2, 0.25) is 0 Å². The van der Waals surface area contributed by atoms with E-state index in [2.05, 4.69) is 52.7 Å². The quantitative estimate of drug-likeness (QED) is 0.819. The van der Waals surface area contributed by atoms with E-state index < -0.39 is 11.4 Å². The van der Waals surface area contributed by atoms with Crippen LogP contribution in [0.5, 0.6) is 0 Å². The lowest BCUT2D eigenvalue weighted by atomic mass is 9.86. The van der Waals surface area contributed by atoms with E-state index in [9.17, 15) is 4.55 Å². The maximum absolute atomic E-state index is 12.4. The lowest BCUT2D eigenvalue weighted by molar-refractivity contribution is 0.297. The number of hydrogen-bond acceptors (Lipinski definition) is 2. The molecule has 0 heterocycles. The molecule has 1 N–H and O–H groups in total. The van der Waals surface area contributed by atoms with Crippen molar-refractivity contribution in [2.75, 3.05) is 0 Å². The fourth-order valence-electron chi connectivity index (χ4n) is 2.53. The average Bonchev–Trinajstić information content (AvgIpc) is 2.47. The monoisotopic (exact) mass is 343 g/mol. The van der Waals surface area contributed by atoms with Crippen molar-refractivity contribution < 1.29 is 4.55 Å². The Balaban J connectivity index is 2.30. The Bertz CT molecular complexity index is 482. The van der Waals surface area contributed by atoms with Gasteiger partial charge in [0.25, 0.3) is 0 Å². The lowest BCUT2D eigenvalue weighted by Crippen LogP contribution is -2.44. The van der Waals surface area contributed by atoms with Crippen LogP contribution in [0.4, 0.5) is 0 Å². The Morgan fingerprint density at radius 1 is 1.37 bits per heavy atom. The molecule has 2 unspecified atom stereocenters. The fraction of sp³-hybridized carbons (Fsp3) is 0.600. The first-order valence-corrected chi connectivity index (χ1v) is 8.52. The number of benzene rings is 1. The van der Waals surface area contributed by atoms with Crippen molar-refractivity contribution in [2.45, 2.75) is 51.8 Å². The average molecular weight is 344 g/mol. The predicted molar refractivity (Wildman–Crippen MR) is 85.4 cm³/mol. The highest BCUT2D eigenvalue weighted by atomic mass is 79.9. The van der Waals surface area contributed by atoms with E-state index >= 15 is 0 Å². The zero-order valence-electron chi connectivity index (χ0n) is 12.2. The Morgan fingerprint density at radius 2 is 2.00 bits per heavy atom. The molecule has 2 nitrogen and oxygen atoms in total. The van der Waals surface area contributed by atoms with Gasteiger partial charge in [-0.05, 0) is 55.9 Å². The molecular formula is C15H22BrNOS. The molecule has 2 atom stereocenters. The van der Waals surface area contributed by atoms with E-state index in [1.165, 1.54) is 11.1 Å². The summed E-state index contributed by atoms with van der Waals surface area (Å²) in [6, 6.07) is 6.54. The van der Waals surface area contributed by atoms with Crippen molar-refractivity contribution in [3.8, 4) is 0 Å². The number of fused-ring (bicyclic) bond motifs is 1. The SMILES string of the molecule is CC1(C)Cc2cc(Br)ccc2C1N[S+]([O-])C(C)(C)C. The van der Waals surface area contributed by atoms with Crippen LogP contribution in [0, 0.1) is 5.41 Å². The molecule has 2 rings (SSSR count). The molecule has 0 fully saturated rings. The summed E-state index contributed by atoms with van der Waals surface area (Å²) in [6.07, 6.45) is 1.01. The van der Waals surface area contributed by atoms with Gasteiger partial charge < -0.3 is 4.55 Å². The first-order valence-electron chi connectivity index (χ1n) is 6.58. The summed E-state index contributed by atoms with van der Waals surface area (Å²) >= 11 is 2.48. The van der Waals surface area contributed by atoms with E-state index in [0.717, 1.165) is 10.9 Å². The van der Waals surface area contributed by atoms with Crippen LogP contribution in [0.1, 0.15) is 51.8 Å². The molecule has 0 bridgehead atoms. The first kappa shape index (κ1) is 15.4. The number of nitrogens with one attached hydrogen (secondary N) is 1. The van der Waals surface area contributed by atoms with Crippen molar-refractivity contribution in [2.24, 2.45) is 5.41 Å². The van der Waals surface area contributed by atoms with Gasteiger partial charge in [0.05, 0.1) is 6.04 Å². The summed E-state index contributed by atoms with van der Waals surface area (Å²) in [6.45, 7) is 10.5. The minimum atomic E-state index is -1.05. The molecule has 0 saturated carbocycles. The van der Waals surface area contributed by atoms with E-state index in [1.807, 2.05) is 20.8 Å². The van der Waals surface area contributed by atoms with Gasteiger partial charge in [-0.25, -0.2) is 0 Å². The smallest absolute Gasteiger partial charge is 0.136 e. The number of hydrogen-bond donors (Lipinski definition) is 1. The Labute approximate surface area is 127 Å². The standard InChI is InChI=1S/C15H22BrNOS/c1-14(2,3)19(18)17-13-12-7-6-11(16)8-10(12)9-15(13,4)5/h6-8,13,17H,9H2,1-5H3. The zero-order chi connectivity index (χ0) is 14.4. The van der Waals surface area contributed by atoms with E-state index in [1.54, 1.807) is 0 Å². The second-order valence-electron chi connectivity index (χ2n) is 6.94. The zero-order valence-corrected chi connectivity index (χ0v) is 14.6. The molecule has 0 aromatic heterocycles. The molecule has 1 aromatic rings. The molecule has 1 aliphatic carbocycles. The summed E-state index contributed by atoms with van der Waals surface area (Å²) in [5.74, 6) is 0. The van der Waals surface area contributed by atoms with Gasteiger partial charge in [0, 0.05) is 15.8 Å². The fourth-order valence-corrected chi connectivity index (χ4v) is 3.95. The first-order chi connectivity index (χ1) is 8.61. The second kappa shape index (κ2) is 5.06. The van der Waals surface area contributed by atoms with Crippen LogP contribution < -0.4 is 4.72 Å². The maximum Gasteiger partial charge on any atom is 0.136 e. The molecule has 0 saturated heterocycles. The minimum absolute atomic E-state index is 0.0873. The third-order valence-corrected chi connectivity index (χ3v) is 5.68. The third-order valence-electron chi connectivity index (χ3n) is 3.62. The van der Waals surface area contributed by atoms with Crippen molar-refractivity contribution in [3.63, 3.8) is 0 Å². The maximum atomic E-state index is 12.4. The van der Waals surface area contributed by atoms with Gasteiger partial charge >= 0.3 is 0 Å². The van der Waals surface area contributed by atoms with E-state index in [-0.39, 0.29) is 16.2 Å². The molecule has 19 heavy (non-hydrogen) atoms. The van der Waals surface area contributed by atoms with Gasteiger partial charge in [-0.2, -0.15) is 0 Å². The highest BCUT2D eigenvalue weighted by Crippen LogP contribution is 2.46. The van der Waals surface area contributed by atoms with Crippen LogP contribution in [-0.2, 0) is 17.8 Å². The topological polar surface area (TPSA) is 35.1 Å². The van der Waals surface area contributed by atoms with Gasteiger partial charge in [-0.3, -0.25) is 0 Å². The van der Waals surface area contributed by atoms with Gasteiger partial charge in [-0.15, -0.1) is 4.72 Å². The summed E-state index contributed by atoms with van der Waals surface area (Å²) in [7, 11) is 0. The van der Waals surface area contributed by atoms with Crippen LogP contribution in [0.25, 0.3) is 0 Å². The summed E-state index contributed by atoms with van der Waals surface area (Å²) < 4.78 is 16.6. The molecule has 1 aliphatic rings. The van der Waals surface area contributed by atoms with E-state index in [0.29, 0.717) is 0 Å². The summed E-state index contributed by atoms with van der Waals surface area (Å²) in [5.41, 5.74) is 2.72. The molecule has 0 aliphatic heterocycles. The lowest BCUT2D eigenvalue weighted by Gasteiger charge is -2.32. The molecule has 0 amide bonds. The van der Waals surface area contributed by atoms with Crippen LogP contribution >= 0.6 is 15.9 Å². The van der Waals surface area contributed by atoms with Gasteiger partial charge in [0.1, 0.15) is 4.75 Å². The molecule has 1 aromatic carbocycles. The van der Waals surface area contributed by atoms with E-state index in [4.69, 9.17) is 0 Å². The minimum Gasteiger partial charge on any atom is -0.598 e. The molecule has 0 radical (unpaired) electrons. The molecule has 0 spiro atoms. The summed E-state index contributed by atoms with van der Waals surface area (Å²) in [4.78, 5) is 0. The summed E-state index contributed by atoms with van der Waals surface area (Å²) in [5, 5.41) is 0. The molecule has 4 heteroatoms. The van der Waals surface area contributed by atoms with Crippen LogP contribution in [0.15, 0.2) is 22.7 Å². The largest absolute Gasteiger partial charge is 0.598 e. The van der Waals surface area contributed by atoms with Crippen molar-refractivity contribution in [1.29, 1.82) is 0 Å². The van der Waals surface area contributed by atoms with Crippen LogP contribution in [-0.4, -0.2) is 9.30 Å². The number of halogens is 1. The Kier molecular flexibility index (Phi) is 4.09. The normalized spacial score (nSPS) is 23.2. The predicted octanol–water partition coefficient (Wildman–Crippen LogP) is 4.12. The van der Waals surface area contributed by atoms with Gasteiger partial charge in [-0.1, -0.05) is 35.8 Å². The molecule has 106 valence electrons. The van der Waals surface area contributed by atoms with Crippen molar-refractivity contribution >= 4 is 27.3 Å². The Hall–Kier alpha value is -0.0300. The van der Waals surface area contributed by atoms with Crippen LogP contribution in [0.2, 0.25) is 0 Å². The van der Waals surface area contributed by atoms with Crippen LogP contribution in [0.3, 0.4) is 0 Å². The number of rotatable bonds is 2. The van der Waals surface area contributed by atoms with Crippen molar-refractivity contribution in [3.05, 3.63) is 33.8 Å². The highest BCUT2D eigenvalue weighted by molar-refractivity contribution is 9.10.